The van der Waals surface area contributed by atoms with Gasteiger partial charge < -0.3 is 9.84 Å². The molecule has 0 bridgehead atoms. The van der Waals surface area contributed by atoms with Crippen molar-refractivity contribution in [1.82, 2.24) is 9.88 Å². The first kappa shape index (κ1) is 20.1. The number of hydrogen-bond donors (Lipinski definition) is 1. The fraction of sp³-hybridized carbons (Fsp3) is 0.261. The maximum Gasteiger partial charge on any atom is 0.410 e. The minimum atomic E-state index is -1.15. The molecular formula is C23H22N2O4S. The molecule has 7 heteroatoms. The summed E-state index contributed by atoms with van der Waals surface area (Å²) in [4.78, 5) is 30.3. The highest BCUT2D eigenvalue weighted by Gasteiger charge is 2.35. The lowest BCUT2D eigenvalue weighted by atomic mass is 9.98. The SMILES string of the molecule is CCCN(C(=O)OCC1c2ccccc2-c2ccccc21)C(C(=O)O)c1nccs1. The lowest BCUT2D eigenvalue weighted by Crippen LogP contribution is -2.40. The predicted octanol–water partition coefficient (Wildman–Crippen LogP) is 4.93. The van der Waals surface area contributed by atoms with E-state index in [-0.39, 0.29) is 19.1 Å². The van der Waals surface area contributed by atoms with Gasteiger partial charge in [-0.3, -0.25) is 4.90 Å². The predicted molar refractivity (Wildman–Crippen MR) is 115 cm³/mol. The van der Waals surface area contributed by atoms with Crippen molar-refractivity contribution >= 4 is 23.4 Å². The molecule has 1 heterocycles. The van der Waals surface area contributed by atoms with Gasteiger partial charge in [0.15, 0.2) is 6.04 Å². The number of carboxylic acid groups (broad SMARTS) is 1. The second kappa shape index (κ2) is 8.67. The first-order chi connectivity index (χ1) is 14.6. The van der Waals surface area contributed by atoms with Crippen LogP contribution >= 0.6 is 11.3 Å². The number of amides is 1. The minimum absolute atomic E-state index is 0.0760. The zero-order valence-corrected chi connectivity index (χ0v) is 17.3. The Morgan fingerprint density at radius 1 is 1.13 bits per heavy atom. The number of fused-ring (bicyclic) bond motifs is 3. The lowest BCUT2D eigenvalue weighted by Gasteiger charge is -2.27. The van der Waals surface area contributed by atoms with Crippen molar-refractivity contribution in [3.05, 3.63) is 76.2 Å². The van der Waals surface area contributed by atoms with Crippen LogP contribution in [0.5, 0.6) is 0 Å². The number of aromatic nitrogens is 1. The Balaban J connectivity index is 1.56. The number of nitrogens with zero attached hydrogens (tertiary/aromatic N) is 2. The first-order valence-electron chi connectivity index (χ1n) is 9.85. The van der Waals surface area contributed by atoms with E-state index in [0.717, 1.165) is 22.3 Å². The number of aliphatic carboxylic acids is 1. The standard InChI is InChI=1S/C23H22N2O4S/c1-2-12-25(20(22(26)27)21-24-11-13-30-21)23(28)29-14-19-17-9-5-3-7-15(17)16-8-4-6-10-18(16)19/h3-11,13,19-20H,2,12,14H2,1H3,(H,26,27). The summed E-state index contributed by atoms with van der Waals surface area (Å²) in [6, 6.07) is 15.0. The van der Waals surface area contributed by atoms with E-state index in [4.69, 9.17) is 4.74 Å². The van der Waals surface area contributed by atoms with E-state index < -0.39 is 18.1 Å². The van der Waals surface area contributed by atoms with Gasteiger partial charge in [-0.2, -0.15) is 0 Å². The number of rotatable bonds is 7. The number of benzene rings is 2. The van der Waals surface area contributed by atoms with Crippen molar-refractivity contribution in [3.8, 4) is 11.1 Å². The average molecular weight is 423 g/mol. The van der Waals surface area contributed by atoms with Crippen molar-refractivity contribution < 1.29 is 19.4 Å². The number of carboxylic acids is 1. The second-order valence-electron chi connectivity index (χ2n) is 7.11. The third-order valence-electron chi connectivity index (χ3n) is 5.27. The average Bonchev–Trinajstić information content (AvgIpc) is 3.38. The highest BCUT2D eigenvalue weighted by atomic mass is 32.1. The molecule has 0 spiro atoms. The zero-order chi connectivity index (χ0) is 21.1. The van der Waals surface area contributed by atoms with E-state index in [2.05, 4.69) is 17.1 Å². The van der Waals surface area contributed by atoms with Gasteiger partial charge in [0.1, 0.15) is 11.6 Å². The molecule has 0 saturated heterocycles. The van der Waals surface area contributed by atoms with Crippen molar-refractivity contribution in [2.45, 2.75) is 25.3 Å². The Morgan fingerprint density at radius 2 is 1.77 bits per heavy atom. The highest BCUT2D eigenvalue weighted by Crippen LogP contribution is 2.44. The Hall–Kier alpha value is -3.19. The van der Waals surface area contributed by atoms with Gasteiger partial charge >= 0.3 is 12.1 Å². The van der Waals surface area contributed by atoms with E-state index in [1.165, 1.54) is 22.4 Å². The van der Waals surface area contributed by atoms with Crippen molar-refractivity contribution in [3.63, 3.8) is 0 Å². The van der Waals surface area contributed by atoms with Gasteiger partial charge in [0.05, 0.1) is 0 Å². The molecule has 1 aliphatic carbocycles. The maximum absolute atomic E-state index is 13.0. The summed E-state index contributed by atoms with van der Waals surface area (Å²) in [5.41, 5.74) is 4.52. The van der Waals surface area contributed by atoms with Gasteiger partial charge in [0, 0.05) is 24.0 Å². The number of hydrogen-bond acceptors (Lipinski definition) is 5. The zero-order valence-electron chi connectivity index (χ0n) is 16.5. The number of carbonyl (C=O) groups is 2. The number of ether oxygens (including phenoxy) is 1. The molecule has 2 aromatic carbocycles. The van der Waals surface area contributed by atoms with E-state index in [1.807, 2.05) is 43.3 Å². The number of carbonyl (C=O) groups excluding carboxylic acids is 1. The molecule has 6 nitrogen and oxygen atoms in total. The summed E-state index contributed by atoms with van der Waals surface area (Å²) in [6.07, 6.45) is 1.51. The van der Waals surface area contributed by atoms with E-state index in [1.54, 1.807) is 5.38 Å². The van der Waals surface area contributed by atoms with E-state index in [9.17, 15) is 14.7 Å². The normalized spacial score (nSPS) is 13.4. The summed E-state index contributed by atoms with van der Waals surface area (Å²) >= 11 is 1.21. The second-order valence-corrected chi connectivity index (χ2v) is 8.03. The van der Waals surface area contributed by atoms with E-state index in [0.29, 0.717) is 11.4 Å². The fourth-order valence-electron chi connectivity index (χ4n) is 3.99. The highest BCUT2D eigenvalue weighted by molar-refractivity contribution is 7.09. The van der Waals surface area contributed by atoms with Crippen LogP contribution < -0.4 is 0 Å². The van der Waals surface area contributed by atoms with Gasteiger partial charge in [-0.05, 0) is 28.7 Å². The summed E-state index contributed by atoms with van der Waals surface area (Å²) in [6.45, 7) is 2.31. The molecule has 1 aliphatic rings. The minimum Gasteiger partial charge on any atom is -0.479 e. The van der Waals surface area contributed by atoms with Crippen LogP contribution in [0, 0.1) is 0 Å². The van der Waals surface area contributed by atoms with Crippen molar-refractivity contribution in [2.24, 2.45) is 0 Å². The fourth-order valence-corrected chi connectivity index (χ4v) is 4.73. The van der Waals surface area contributed by atoms with Gasteiger partial charge in [-0.1, -0.05) is 55.5 Å². The monoisotopic (exact) mass is 422 g/mol. The van der Waals surface area contributed by atoms with E-state index >= 15 is 0 Å². The summed E-state index contributed by atoms with van der Waals surface area (Å²) in [5.74, 6) is -1.19. The Morgan fingerprint density at radius 3 is 2.30 bits per heavy atom. The largest absolute Gasteiger partial charge is 0.479 e. The third kappa shape index (κ3) is 3.68. The van der Waals surface area contributed by atoms with Gasteiger partial charge in [-0.25, -0.2) is 14.6 Å². The molecule has 3 aromatic rings. The van der Waals surface area contributed by atoms with Crippen LogP contribution in [0.2, 0.25) is 0 Å². The van der Waals surface area contributed by atoms with Crippen LogP contribution in [0.3, 0.4) is 0 Å². The van der Waals surface area contributed by atoms with Crippen LogP contribution in [-0.2, 0) is 9.53 Å². The Bertz CT molecular complexity index is 1010. The molecule has 4 rings (SSSR count). The molecule has 1 aromatic heterocycles. The first-order valence-corrected chi connectivity index (χ1v) is 10.7. The Labute approximate surface area is 178 Å². The summed E-state index contributed by atoms with van der Waals surface area (Å²) in [7, 11) is 0. The molecule has 1 atom stereocenters. The van der Waals surface area contributed by atoms with Gasteiger partial charge in [0.25, 0.3) is 0 Å². The Kier molecular flexibility index (Phi) is 5.81. The van der Waals surface area contributed by atoms with Crippen LogP contribution in [-0.4, -0.2) is 40.2 Å². The molecule has 154 valence electrons. The van der Waals surface area contributed by atoms with Crippen LogP contribution in [0.4, 0.5) is 4.79 Å². The van der Waals surface area contributed by atoms with Gasteiger partial charge in [-0.15, -0.1) is 11.3 Å². The summed E-state index contributed by atoms with van der Waals surface area (Å²) in [5, 5.41) is 11.8. The molecule has 0 fully saturated rings. The maximum atomic E-state index is 13.0. The van der Waals surface area contributed by atoms with Crippen molar-refractivity contribution in [1.29, 1.82) is 0 Å². The molecule has 30 heavy (non-hydrogen) atoms. The lowest BCUT2D eigenvalue weighted by molar-refractivity contribution is -0.143. The third-order valence-corrected chi connectivity index (χ3v) is 6.09. The molecule has 1 unspecified atom stereocenters. The van der Waals surface area contributed by atoms with Crippen molar-refractivity contribution in [2.75, 3.05) is 13.2 Å². The smallest absolute Gasteiger partial charge is 0.410 e. The molecule has 0 saturated carbocycles. The van der Waals surface area contributed by atoms with Crippen LogP contribution in [0.25, 0.3) is 11.1 Å². The summed E-state index contributed by atoms with van der Waals surface area (Å²) < 4.78 is 5.68. The number of thiazole rings is 1. The topological polar surface area (TPSA) is 79.7 Å². The van der Waals surface area contributed by atoms with Crippen LogP contribution in [0.1, 0.15) is 41.4 Å². The molecule has 0 radical (unpaired) electrons. The van der Waals surface area contributed by atoms with Gasteiger partial charge in [0.2, 0.25) is 0 Å². The van der Waals surface area contributed by atoms with Crippen LogP contribution in [0.15, 0.2) is 60.1 Å². The molecule has 0 aliphatic heterocycles. The quantitative estimate of drug-likeness (QED) is 0.584. The molecular weight excluding hydrogens is 400 g/mol. The molecule has 1 amide bonds. The molecule has 1 N–H and O–H groups in total.